The predicted molar refractivity (Wildman–Crippen MR) is 105 cm³/mol. The average molecular weight is 383 g/mol. The molecule has 1 aromatic carbocycles. The van der Waals surface area contributed by atoms with E-state index in [-0.39, 0.29) is 42.1 Å². The molecule has 4 rings (SSSR count). The fourth-order valence-corrected chi connectivity index (χ4v) is 4.87. The van der Waals surface area contributed by atoms with Gasteiger partial charge in [-0.15, -0.1) is 0 Å². The Bertz CT molecular complexity index is 754. The lowest BCUT2D eigenvalue weighted by atomic mass is 9.81. The highest BCUT2D eigenvalue weighted by atomic mass is 16.2. The van der Waals surface area contributed by atoms with Crippen molar-refractivity contribution in [1.82, 2.24) is 15.1 Å². The van der Waals surface area contributed by atoms with Crippen LogP contribution >= 0.6 is 0 Å². The number of rotatable bonds is 5. The van der Waals surface area contributed by atoms with Gasteiger partial charge in [0.05, 0.1) is 11.8 Å². The molecule has 1 aliphatic carbocycles. The summed E-state index contributed by atoms with van der Waals surface area (Å²) in [5.41, 5.74) is 2.75. The van der Waals surface area contributed by atoms with Crippen LogP contribution in [0, 0.1) is 11.8 Å². The number of likely N-dealkylation sites (tertiary alicyclic amines) is 1. The Morgan fingerprint density at radius 2 is 1.75 bits per heavy atom. The molecule has 0 radical (unpaired) electrons. The largest absolute Gasteiger partial charge is 0.353 e. The van der Waals surface area contributed by atoms with Crippen LogP contribution in [0.5, 0.6) is 0 Å². The average Bonchev–Trinajstić information content (AvgIpc) is 2.97. The summed E-state index contributed by atoms with van der Waals surface area (Å²) >= 11 is 0. The second-order valence-electron chi connectivity index (χ2n) is 8.40. The Labute approximate surface area is 166 Å². The predicted octanol–water partition coefficient (Wildman–Crippen LogP) is 1.72. The Hall–Kier alpha value is -2.21. The number of nitrogens with zero attached hydrogens (tertiary/aromatic N) is 2. The second kappa shape index (κ2) is 8.03. The third-order valence-corrected chi connectivity index (χ3v) is 6.61. The van der Waals surface area contributed by atoms with Crippen molar-refractivity contribution < 1.29 is 14.4 Å². The lowest BCUT2D eigenvalue weighted by Gasteiger charge is -2.33. The quantitative estimate of drug-likeness (QED) is 0.786. The van der Waals surface area contributed by atoms with Crippen LogP contribution in [0.15, 0.2) is 24.3 Å². The van der Waals surface area contributed by atoms with Gasteiger partial charge in [-0.3, -0.25) is 24.2 Å². The van der Waals surface area contributed by atoms with Crippen LogP contribution in [0.1, 0.15) is 43.7 Å². The molecule has 0 spiro atoms. The van der Waals surface area contributed by atoms with E-state index in [4.69, 9.17) is 0 Å². The van der Waals surface area contributed by atoms with E-state index in [0.717, 1.165) is 45.2 Å². The number of benzene rings is 1. The van der Waals surface area contributed by atoms with Gasteiger partial charge in [0.15, 0.2) is 0 Å². The Kier molecular flexibility index (Phi) is 5.49. The first-order chi connectivity index (χ1) is 13.5. The van der Waals surface area contributed by atoms with Crippen molar-refractivity contribution in [3.63, 3.8) is 0 Å². The smallest absolute Gasteiger partial charge is 0.240 e. The van der Waals surface area contributed by atoms with E-state index in [1.807, 2.05) is 0 Å². The molecule has 3 atom stereocenters. The Morgan fingerprint density at radius 1 is 1.11 bits per heavy atom. The summed E-state index contributed by atoms with van der Waals surface area (Å²) in [7, 11) is 0. The number of nitrogens with one attached hydrogen (secondary N) is 1. The summed E-state index contributed by atoms with van der Waals surface area (Å²) < 4.78 is 0. The van der Waals surface area contributed by atoms with Gasteiger partial charge < -0.3 is 5.32 Å². The number of imide groups is 1. The van der Waals surface area contributed by atoms with E-state index in [1.165, 1.54) is 16.0 Å². The van der Waals surface area contributed by atoms with Gasteiger partial charge in [-0.1, -0.05) is 37.1 Å². The van der Waals surface area contributed by atoms with E-state index in [1.54, 1.807) is 0 Å². The number of carbonyl (C=O) groups excluding carboxylic acids is 3. The van der Waals surface area contributed by atoms with E-state index in [2.05, 4.69) is 41.4 Å². The number of carbonyl (C=O) groups is 3. The van der Waals surface area contributed by atoms with Crippen LogP contribution in [0.25, 0.3) is 0 Å². The summed E-state index contributed by atoms with van der Waals surface area (Å²) in [4.78, 5) is 41.0. The molecular formula is C22H29N3O3. The molecule has 3 amide bonds. The molecule has 0 bridgehead atoms. The van der Waals surface area contributed by atoms with Crippen LogP contribution < -0.4 is 5.32 Å². The third kappa shape index (κ3) is 3.70. The standard InChI is InChI=1S/C22H29N3O3/c1-15(24-11-10-16-6-2-3-7-17(16)13-24)12-23-20(26)14-25-21(27)18-8-4-5-9-19(18)22(25)28/h2-3,6-7,15,18-19H,4-5,8-14H2,1H3,(H,23,26). The number of fused-ring (bicyclic) bond motifs is 2. The molecule has 1 saturated heterocycles. The molecule has 6 nitrogen and oxygen atoms in total. The minimum Gasteiger partial charge on any atom is -0.353 e. The van der Waals surface area contributed by atoms with Gasteiger partial charge in [0.1, 0.15) is 6.54 Å². The first kappa shape index (κ1) is 19.1. The summed E-state index contributed by atoms with van der Waals surface area (Å²) in [6.45, 7) is 4.35. The summed E-state index contributed by atoms with van der Waals surface area (Å²) in [5.74, 6) is -0.927. The van der Waals surface area contributed by atoms with Gasteiger partial charge >= 0.3 is 0 Å². The van der Waals surface area contributed by atoms with Crippen molar-refractivity contribution in [2.75, 3.05) is 19.6 Å². The molecule has 3 aliphatic rings. The summed E-state index contributed by atoms with van der Waals surface area (Å²) in [5, 5.41) is 2.93. The van der Waals surface area contributed by atoms with Crippen LogP contribution in [0.2, 0.25) is 0 Å². The van der Waals surface area contributed by atoms with E-state index < -0.39 is 0 Å². The molecule has 2 fully saturated rings. The molecule has 1 N–H and O–H groups in total. The van der Waals surface area contributed by atoms with E-state index >= 15 is 0 Å². The molecule has 6 heteroatoms. The van der Waals surface area contributed by atoms with E-state index in [0.29, 0.717) is 6.54 Å². The second-order valence-corrected chi connectivity index (χ2v) is 8.40. The first-order valence-corrected chi connectivity index (χ1v) is 10.5. The van der Waals surface area contributed by atoms with Crippen LogP contribution in [-0.2, 0) is 27.3 Å². The summed E-state index contributed by atoms with van der Waals surface area (Å²) in [6.07, 6.45) is 4.57. The first-order valence-electron chi connectivity index (χ1n) is 10.5. The van der Waals surface area contributed by atoms with Crippen LogP contribution in [-0.4, -0.2) is 53.2 Å². The molecule has 2 heterocycles. The molecule has 1 saturated carbocycles. The molecule has 0 aromatic heterocycles. The van der Waals surface area contributed by atoms with Crippen molar-refractivity contribution in [3.8, 4) is 0 Å². The van der Waals surface area contributed by atoms with Crippen molar-refractivity contribution >= 4 is 17.7 Å². The van der Waals surface area contributed by atoms with Crippen LogP contribution in [0.3, 0.4) is 0 Å². The molecule has 3 unspecified atom stereocenters. The van der Waals surface area contributed by atoms with Gasteiger partial charge in [-0.05, 0) is 37.3 Å². The lowest BCUT2D eigenvalue weighted by Crippen LogP contribution is -2.47. The van der Waals surface area contributed by atoms with Gasteiger partial charge in [0.2, 0.25) is 17.7 Å². The monoisotopic (exact) mass is 383 g/mol. The zero-order chi connectivity index (χ0) is 19.7. The van der Waals surface area contributed by atoms with E-state index in [9.17, 15) is 14.4 Å². The molecule has 2 aliphatic heterocycles. The fourth-order valence-electron chi connectivity index (χ4n) is 4.87. The van der Waals surface area contributed by atoms with Gasteiger partial charge in [0, 0.05) is 25.7 Å². The SMILES string of the molecule is CC(CNC(=O)CN1C(=O)C2CCCCC2C1=O)N1CCc2ccccc2C1. The molecule has 1 aromatic rings. The highest BCUT2D eigenvalue weighted by Gasteiger charge is 2.48. The maximum absolute atomic E-state index is 12.5. The lowest BCUT2D eigenvalue weighted by molar-refractivity contribution is -0.143. The third-order valence-electron chi connectivity index (χ3n) is 6.61. The van der Waals surface area contributed by atoms with Crippen molar-refractivity contribution in [1.29, 1.82) is 0 Å². The topological polar surface area (TPSA) is 69.7 Å². The minimum atomic E-state index is -0.246. The highest BCUT2D eigenvalue weighted by Crippen LogP contribution is 2.37. The van der Waals surface area contributed by atoms with Crippen molar-refractivity contribution in [2.45, 2.75) is 51.6 Å². The number of amides is 3. The van der Waals surface area contributed by atoms with Crippen molar-refractivity contribution in [3.05, 3.63) is 35.4 Å². The van der Waals surface area contributed by atoms with Crippen molar-refractivity contribution in [2.24, 2.45) is 11.8 Å². The molecular weight excluding hydrogens is 354 g/mol. The minimum absolute atomic E-state index is 0.139. The number of hydrogen-bond donors (Lipinski definition) is 1. The normalized spacial score (nSPS) is 26.0. The van der Waals surface area contributed by atoms with Gasteiger partial charge in [-0.2, -0.15) is 0 Å². The number of hydrogen-bond acceptors (Lipinski definition) is 4. The zero-order valence-corrected chi connectivity index (χ0v) is 16.5. The maximum atomic E-state index is 12.5. The van der Waals surface area contributed by atoms with Gasteiger partial charge in [0.25, 0.3) is 0 Å². The van der Waals surface area contributed by atoms with Gasteiger partial charge in [-0.25, -0.2) is 0 Å². The Morgan fingerprint density at radius 3 is 2.43 bits per heavy atom. The maximum Gasteiger partial charge on any atom is 0.240 e. The highest BCUT2D eigenvalue weighted by molar-refractivity contribution is 6.07. The van der Waals surface area contributed by atoms with Crippen LogP contribution in [0.4, 0.5) is 0 Å². The zero-order valence-electron chi connectivity index (χ0n) is 16.5. The summed E-state index contributed by atoms with van der Waals surface area (Å²) in [6, 6.07) is 8.69. The molecule has 28 heavy (non-hydrogen) atoms. The fraction of sp³-hybridized carbons (Fsp3) is 0.591. The molecule has 150 valence electrons. The Balaban J connectivity index is 1.28.